The molecule has 1 atom stereocenters. The Balaban J connectivity index is 1.83. The molecule has 2 heterocycles. The van der Waals surface area contributed by atoms with Gasteiger partial charge in [0.25, 0.3) is 5.91 Å². The molecule has 27 heavy (non-hydrogen) atoms. The minimum Gasteiger partial charge on any atom is -0.370 e. The van der Waals surface area contributed by atoms with Crippen molar-refractivity contribution in [3.63, 3.8) is 0 Å². The van der Waals surface area contributed by atoms with Crippen LogP contribution in [0.5, 0.6) is 0 Å². The third-order valence-corrected chi connectivity index (χ3v) is 3.96. The van der Waals surface area contributed by atoms with Crippen LogP contribution in [0.25, 0.3) is 5.69 Å². The molecule has 138 valence electrons. The van der Waals surface area contributed by atoms with Crippen LogP contribution >= 0.6 is 0 Å². The smallest absolute Gasteiger partial charge is 0.270 e. The lowest BCUT2D eigenvalue weighted by molar-refractivity contribution is -0.118. The number of nitrogens with two attached hydrogens (primary N) is 1. The number of hydrogen-bond acceptors (Lipinski definition) is 5. The zero-order valence-corrected chi connectivity index (χ0v) is 14.9. The average molecular weight is 364 g/mol. The molecule has 0 spiro atoms. The first-order chi connectivity index (χ1) is 13.0. The van der Waals surface area contributed by atoms with Gasteiger partial charge in [-0.05, 0) is 25.0 Å². The van der Waals surface area contributed by atoms with Crippen molar-refractivity contribution in [1.29, 1.82) is 0 Å². The lowest BCUT2D eigenvalue weighted by atomic mass is 10.0. The van der Waals surface area contributed by atoms with Gasteiger partial charge in [0.2, 0.25) is 5.91 Å². The van der Waals surface area contributed by atoms with E-state index in [1.807, 2.05) is 30.3 Å². The minimum atomic E-state index is -0.475. The Kier molecular flexibility index (Phi) is 5.55. The molecule has 0 radical (unpaired) electrons. The van der Waals surface area contributed by atoms with Crippen LogP contribution in [-0.2, 0) is 11.2 Å². The number of nitrogens with zero attached hydrogens (tertiary/aromatic N) is 4. The van der Waals surface area contributed by atoms with Gasteiger partial charge in [-0.3, -0.25) is 9.59 Å². The molecule has 3 rings (SSSR count). The first-order valence-electron chi connectivity index (χ1n) is 8.48. The van der Waals surface area contributed by atoms with Crippen LogP contribution in [-0.4, -0.2) is 37.6 Å². The number of carbonyl (C=O) groups is 2. The van der Waals surface area contributed by atoms with Crippen molar-refractivity contribution in [2.75, 3.05) is 0 Å². The molecule has 8 nitrogen and oxygen atoms in total. The SMILES string of the molecule is Cc1cc(C(=O)NC(CC(N)=O)Cc2ccccc2)n(-c2cncnc2)n1. The van der Waals surface area contributed by atoms with Crippen LogP contribution in [0.4, 0.5) is 0 Å². The molecular formula is C19H20N6O2. The molecule has 8 heteroatoms. The van der Waals surface area contributed by atoms with Gasteiger partial charge in [-0.1, -0.05) is 30.3 Å². The predicted octanol–water partition coefficient (Wildman–Crippen LogP) is 1.19. The fourth-order valence-electron chi connectivity index (χ4n) is 2.83. The van der Waals surface area contributed by atoms with Gasteiger partial charge in [-0.15, -0.1) is 0 Å². The third kappa shape index (κ3) is 4.75. The zero-order chi connectivity index (χ0) is 19.2. The van der Waals surface area contributed by atoms with Gasteiger partial charge < -0.3 is 11.1 Å². The largest absolute Gasteiger partial charge is 0.370 e. The highest BCUT2D eigenvalue weighted by atomic mass is 16.2. The summed E-state index contributed by atoms with van der Waals surface area (Å²) in [6.07, 6.45) is 5.09. The van der Waals surface area contributed by atoms with Crippen molar-refractivity contribution in [1.82, 2.24) is 25.1 Å². The summed E-state index contributed by atoms with van der Waals surface area (Å²) < 4.78 is 1.48. The maximum atomic E-state index is 12.9. The van der Waals surface area contributed by atoms with Gasteiger partial charge in [0.1, 0.15) is 17.7 Å². The Labute approximate surface area is 156 Å². The van der Waals surface area contributed by atoms with Gasteiger partial charge in [0, 0.05) is 12.5 Å². The molecule has 0 saturated heterocycles. The Hall–Kier alpha value is -3.55. The van der Waals surface area contributed by atoms with Crippen molar-refractivity contribution in [3.05, 3.63) is 72.1 Å². The standard InChI is InChI=1S/C19H20N6O2/c1-13-7-17(25(24-13)16-10-21-12-22-11-16)19(27)23-15(9-18(20)26)8-14-5-3-2-4-6-14/h2-7,10-12,15H,8-9H2,1H3,(H2,20,26)(H,23,27). The van der Waals surface area contributed by atoms with E-state index in [1.165, 1.54) is 11.0 Å². The highest BCUT2D eigenvalue weighted by Gasteiger charge is 2.21. The molecule has 3 aromatic rings. The average Bonchev–Trinajstić information content (AvgIpc) is 3.05. The number of aryl methyl sites for hydroxylation is 1. The lowest BCUT2D eigenvalue weighted by Crippen LogP contribution is -2.40. The number of rotatable bonds is 7. The van der Waals surface area contributed by atoms with E-state index in [-0.39, 0.29) is 12.3 Å². The lowest BCUT2D eigenvalue weighted by Gasteiger charge is -2.18. The number of amides is 2. The van der Waals surface area contributed by atoms with Crippen LogP contribution in [0.2, 0.25) is 0 Å². The Morgan fingerprint density at radius 2 is 1.89 bits per heavy atom. The van der Waals surface area contributed by atoms with Crippen molar-refractivity contribution in [2.24, 2.45) is 5.73 Å². The summed E-state index contributed by atoms with van der Waals surface area (Å²) in [5, 5.41) is 7.23. The topological polar surface area (TPSA) is 116 Å². The summed E-state index contributed by atoms with van der Waals surface area (Å²) in [5.41, 5.74) is 7.96. The van der Waals surface area contributed by atoms with E-state index in [9.17, 15) is 9.59 Å². The molecule has 1 aromatic carbocycles. The molecule has 0 saturated carbocycles. The Bertz CT molecular complexity index is 924. The van der Waals surface area contributed by atoms with E-state index in [2.05, 4.69) is 20.4 Å². The van der Waals surface area contributed by atoms with E-state index in [4.69, 9.17) is 5.73 Å². The van der Waals surface area contributed by atoms with Crippen molar-refractivity contribution in [2.45, 2.75) is 25.8 Å². The fraction of sp³-hybridized carbons (Fsp3) is 0.211. The second kappa shape index (κ2) is 8.22. The summed E-state index contributed by atoms with van der Waals surface area (Å²) in [5.74, 6) is -0.820. The van der Waals surface area contributed by atoms with Crippen molar-refractivity contribution >= 4 is 11.8 Å². The monoisotopic (exact) mass is 364 g/mol. The molecule has 0 fully saturated rings. The van der Waals surface area contributed by atoms with E-state index in [0.717, 1.165) is 5.56 Å². The summed E-state index contributed by atoms with van der Waals surface area (Å²) >= 11 is 0. The van der Waals surface area contributed by atoms with Crippen LogP contribution in [0.1, 0.15) is 28.2 Å². The first-order valence-corrected chi connectivity index (χ1v) is 8.48. The van der Waals surface area contributed by atoms with Gasteiger partial charge in [-0.25, -0.2) is 14.6 Å². The number of nitrogens with one attached hydrogen (secondary N) is 1. The summed E-state index contributed by atoms with van der Waals surface area (Å²) in [6, 6.07) is 10.9. The first kappa shape index (κ1) is 18.2. The second-order valence-corrected chi connectivity index (χ2v) is 6.21. The predicted molar refractivity (Wildman–Crippen MR) is 99.1 cm³/mol. The molecule has 0 aliphatic rings. The number of carbonyl (C=O) groups excluding carboxylic acids is 2. The van der Waals surface area contributed by atoms with Crippen LogP contribution in [0, 0.1) is 6.92 Å². The number of aromatic nitrogens is 4. The van der Waals surface area contributed by atoms with E-state index in [1.54, 1.807) is 25.4 Å². The molecule has 0 aliphatic heterocycles. The van der Waals surface area contributed by atoms with Crippen molar-refractivity contribution < 1.29 is 9.59 Å². The maximum absolute atomic E-state index is 12.9. The molecule has 2 amide bonds. The fourth-order valence-corrected chi connectivity index (χ4v) is 2.83. The molecule has 1 unspecified atom stereocenters. The number of primary amides is 1. The second-order valence-electron chi connectivity index (χ2n) is 6.21. The third-order valence-electron chi connectivity index (χ3n) is 3.96. The molecular weight excluding hydrogens is 344 g/mol. The van der Waals surface area contributed by atoms with Gasteiger partial charge in [-0.2, -0.15) is 5.10 Å². The van der Waals surface area contributed by atoms with Crippen LogP contribution in [0.15, 0.2) is 55.1 Å². The Morgan fingerprint density at radius 3 is 2.56 bits per heavy atom. The highest BCUT2D eigenvalue weighted by Crippen LogP contribution is 2.12. The van der Waals surface area contributed by atoms with Crippen LogP contribution in [0.3, 0.4) is 0 Å². The summed E-state index contributed by atoms with van der Waals surface area (Å²) in [4.78, 5) is 32.2. The quantitative estimate of drug-likeness (QED) is 0.653. The van der Waals surface area contributed by atoms with E-state index in [0.29, 0.717) is 23.5 Å². The van der Waals surface area contributed by atoms with Gasteiger partial charge in [0.05, 0.1) is 18.1 Å². The normalized spacial score (nSPS) is 11.7. The zero-order valence-electron chi connectivity index (χ0n) is 14.9. The van der Waals surface area contributed by atoms with Crippen molar-refractivity contribution in [3.8, 4) is 5.69 Å². The Morgan fingerprint density at radius 1 is 1.19 bits per heavy atom. The number of benzene rings is 1. The highest BCUT2D eigenvalue weighted by molar-refractivity contribution is 5.93. The van der Waals surface area contributed by atoms with Gasteiger partial charge >= 0.3 is 0 Å². The maximum Gasteiger partial charge on any atom is 0.270 e. The molecule has 0 aliphatic carbocycles. The van der Waals surface area contributed by atoms with Gasteiger partial charge in [0.15, 0.2) is 0 Å². The summed E-state index contributed by atoms with van der Waals surface area (Å²) in [6.45, 7) is 1.79. The molecule has 0 bridgehead atoms. The summed E-state index contributed by atoms with van der Waals surface area (Å²) in [7, 11) is 0. The number of hydrogen-bond donors (Lipinski definition) is 2. The molecule has 3 N–H and O–H groups in total. The minimum absolute atomic E-state index is 0.0439. The van der Waals surface area contributed by atoms with E-state index >= 15 is 0 Å². The molecule has 2 aromatic heterocycles. The van der Waals surface area contributed by atoms with E-state index < -0.39 is 11.9 Å². The van der Waals surface area contributed by atoms with Crippen LogP contribution < -0.4 is 11.1 Å².